The molecule has 0 fully saturated rings. The topological polar surface area (TPSA) is 29.1 Å². The average Bonchev–Trinajstić information content (AvgIpc) is 2.49. The molecule has 3 rings (SSSR count). The van der Waals surface area contributed by atoms with E-state index in [0.29, 0.717) is 6.42 Å². The van der Waals surface area contributed by atoms with Crippen LogP contribution in [0.1, 0.15) is 12.0 Å². The number of Topliss-reactive ketones (excluding diaryl/α,β-unsaturated/α-hetero) is 1. The monoisotopic (exact) mass is 209 g/mol. The van der Waals surface area contributed by atoms with Gasteiger partial charge in [0.25, 0.3) is 0 Å². The Morgan fingerprint density at radius 1 is 1.12 bits per heavy atom. The molecular formula is C14H11NO. The molecule has 16 heavy (non-hydrogen) atoms. The third-order valence-electron chi connectivity index (χ3n) is 2.87. The van der Waals surface area contributed by atoms with Crippen molar-refractivity contribution in [3.05, 3.63) is 59.8 Å². The summed E-state index contributed by atoms with van der Waals surface area (Å²) >= 11 is 0. The quantitative estimate of drug-likeness (QED) is 0.711. The van der Waals surface area contributed by atoms with Crippen LogP contribution < -0.4 is 5.32 Å². The van der Waals surface area contributed by atoms with Gasteiger partial charge in [-0.1, -0.05) is 30.4 Å². The molecule has 2 heteroatoms. The lowest BCUT2D eigenvalue weighted by Crippen LogP contribution is -2.06. The number of nitrogens with one attached hydrogen (secondary N) is 1. The van der Waals surface area contributed by atoms with Crippen LogP contribution in [0.4, 0.5) is 5.69 Å². The molecule has 2 aliphatic rings. The van der Waals surface area contributed by atoms with Gasteiger partial charge in [0, 0.05) is 29.4 Å². The maximum atomic E-state index is 12.0. The fourth-order valence-electron chi connectivity index (χ4n) is 2.13. The number of para-hydroxylation sites is 1. The van der Waals surface area contributed by atoms with Gasteiger partial charge in [0.15, 0.2) is 5.78 Å². The van der Waals surface area contributed by atoms with Gasteiger partial charge >= 0.3 is 0 Å². The second-order valence-electron chi connectivity index (χ2n) is 3.88. The molecule has 1 heterocycles. The van der Waals surface area contributed by atoms with Crippen LogP contribution in [0.3, 0.4) is 0 Å². The molecule has 78 valence electrons. The Hall–Kier alpha value is -2.09. The van der Waals surface area contributed by atoms with Gasteiger partial charge < -0.3 is 5.32 Å². The largest absolute Gasteiger partial charge is 0.361 e. The van der Waals surface area contributed by atoms with E-state index >= 15 is 0 Å². The van der Waals surface area contributed by atoms with Crippen molar-refractivity contribution in [2.75, 3.05) is 5.32 Å². The van der Waals surface area contributed by atoms with E-state index in [1.807, 2.05) is 48.7 Å². The maximum Gasteiger partial charge on any atom is 0.167 e. The van der Waals surface area contributed by atoms with Gasteiger partial charge in [0.2, 0.25) is 0 Å². The zero-order valence-electron chi connectivity index (χ0n) is 8.73. The minimum absolute atomic E-state index is 0.193. The van der Waals surface area contributed by atoms with Crippen LogP contribution in [-0.2, 0) is 4.79 Å². The molecule has 0 unspecified atom stereocenters. The molecule has 0 aromatic heterocycles. The predicted octanol–water partition coefficient (Wildman–Crippen LogP) is 2.91. The summed E-state index contributed by atoms with van der Waals surface area (Å²) in [5.41, 5.74) is 3.82. The minimum Gasteiger partial charge on any atom is -0.361 e. The van der Waals surface area contributed by atoms with Crippen molar-refractivity contribution in [1.82, 2.24) is 0 Å². The molecule has 0 amide bonds. The number of carbonyl (C=O) groups is 1. The Balaban J connectivity index is 2.29. The third kappa shape index (κ3) is 1.31. The van der Waals surface area contributed by atoms with E-state index in [1.54, 1.807) is 0 Å². The van der Waals surface area contributed by atoms with Gasteiger partial charge in [-0.25, -0.2) is 0 Å². The first-order valence-corrected chi connectivity index (χ1v) is 5.33. The van der Waals surface area contributed by atoms with Crippen LogP contribution in [-0.4, -0.2) is 5.78 Å². The van der Waals surface area contributed by atoms with E-state index in [0.717, 1.165) is 22.4 Å². The first-order chi connectivity index (χ1) is 7.86. The highest BCUT2D eigenvalue weighted by Crippen LogP contribution is 2.33. The molecule has 0 radical (unpaired) electrons. The Labute approximate surface area is 94.0 Å². The van der Waals surface area contributed by atoms with Crippen LogP contribution in [0.25, 0.3) is 5.57 Å². The Bertz CT molecular complexity index is 550. The van der Waals surface area contributed by atoms with E-state index in [-0.39, 0.29) is 5.78 Å². The summed E-state index contributed by atoms with van der Waals surface area (Å²) in [6, 6.07) is 7.90. The molecule has 1 aliphatic heterocycles. The molecule has 0 spiro atoms. The first kappa shape index (κ1) is 9.16. The zero-order chi connectivity index (χ0) is 11.0. The van der Waals surface area contributed by atoms with Crippen LogP contribution >= 0.6 is 0 Å². The maximum absolute atomic E-state index is 12.0. The molecule has 0 saturated heterocycles. The fourth-order valence-corrected chi connectivity index (χ4v) is 2.13. The second kappa shape index (κ2) is 3.49. The van der Waals surface area contributed by atoms with Crippen molar-refractivity contribution in [1.29, 1.82) is 0 Å². The number of hydrogen-bond donors (Lipinski definition) is 1. The summed E-state index contributed by atoms with van der Waals surface area (Å²) < 4.78 is 0. The van der Waals surface area contributed by atoms with Crippen molar-refractivity contribution in [2.45, 2.75) is 6.42 Å². The molecule has 2 nitrogen and oxygen atoms in total. The molecule has 1 aromatic carbocycles. The van der Waals surface area contributed by atoms with Gasteiger partial charge in [0.05, 0.1) is 0 Å². The zero-order valence-corrected chi connectivity index (χ0v) is 8.73. The summed E-state index contributed by atoms with van der Waals surface area (Å²) in [6.07, 6.45) is 8.25. The number of benzene rings is 1. The van der Waals surface area contributed by atoms with E-state index in [2.05, 4.69) is 5.32 Å². The highest BCUT2D eigenvalue weighted by Gasteiger charge is 2.20. The van der Waals surface area contributed by atoms with Crippen molar-refractivity contribution >= 4 is 17.0 Å². The Morgan fingerprint density at radius 3 is 2.94 bits per heavy atom. The minimum atomic E-state index is 0.193. The van der Waals surface area contributed by atoms with Crippen LogP contribution in [0.2, 0.25) is 0 Å². The molecular weight excluding hydrogens is 198 g/mol. The van der Waals surface area contributed by atoms with Crippen molar-refractivity contribution in [3.8, 4) is 0 Å². The standard InChI is InChI=1S/C14H11NO/c16-13-7-3-4-10-8-9-15-12-6-2-1-5-11(12)14(10)13/h1-6,8-9,15H,7H2. The third-order valence-corrected chi connectivity index (χ3v) is 2.87. The van der Waals surface area contributed by atoms with E-state index in [1.165, 1.54) is 0 Å². The number of allylic oxidation sites excluding steroid dienone is 5. The second-order valence-corrected chi connectivity index (χ2v) is 3.88. The molecule has 0 saturated carbocycles. The summed E-state index contributed by atoms with van der Waals surface area (Å²) in [4.78, 5) is 12.0. The summed E-state index contributed by atoms with van der Waals surface area (Å²) in [6.45, 7) is 0. The van der Waals surface area contributed by atoms with Crippen molar-refractivity contribution < 1.29 is 4.79 Å². The van der Waals surface area contributed by atoms with Crippen LogP contribution in [0, 0.1) is 0 Å². The lowest BCUT2D eigenvalue weighted by atomic mass is 9.90. The molecule has 1 aromatic rings. The highest BCUT2D eigenvalue weighted by atomic mass is 16.1. The summed E-state index contributed by atoms with van der Waals surface area (Å²) in [7, 11) is 0. The van der Waals surface area contributed by atoms with Crippen molar-refractivity contribution in [2.24, 2.45) is 0 Å². The molecule has 0 bridgehead atoms. The lowest BCUT2D eigenvalue weighted by Gasteiger charge is -2.13. The molecule has 0 atom stereocenters. The van der Waals surface area contributed by atoms with Gasteiger partial charge in [-0.15, -0.1) is 0 Å². The average molecular weight is 209 g/mol. The van der Waals surface area contributed by atoms with Gasteiger partial charge in [-0.2, -0.15) is 0 Å². The number of anilines is 1. The Kier molecular flexibility index (Phi) is 2.00. The normalized spacial score (nSPS) is 17.6. The number of ketones is 1. The summed E-state index contributed by atoms with van der Waals surface area (Å²) in [5, 5.41) is 3.19. The molecule has 1 aliphatic carbocycles. The SMILES string of the molecule is O=C1CC=CC2=C1c1ccccc1NC=C2. The van der Waals surface area contributed by atoms with E-state index in [9.17, 15) is 4.79 Å². The number of rotatable bonds is 0. The number of fused-ring (bicyclic) bond motifs is 2. The highest BCUT2D eigenvalue weighted by molar-refractivity contribution is 6.25. The first-order valence-electron chi connectivity index (χ1n) is 5.33. The van der Waals surface area contributed by atoms with Gasteiger partial charge in [-0.3, -0.25) is 4.79 Å². The van der Waals surface area contributed by atoms with Crippen molar-refractivity contribution in [3.63, 3.8) is 0 Å². The van der Waals surface area contributed by atoms with Gasteiger partial charge in [0.1, 0.15) is 0 Å². The lowest BCUT2D eigenvalue weighted by molar-refractivity contribution is -0.113. The Morgan fingerprint density at radius 2 is 2.00 bits per heavy atom. The van der Waals surface area contributed by atoms with Gasteiger partial charge in [-0.05, 0) is 17.7 Å². The smallest absolute Gasteiger partial charge is 0.167 e. The fraction of sp³-hybridized carbons (Fsp3) is 0.0714. The van der Waals surface area contributed by atoms with Crippen LogP contribution in [0.5, 0.6) is 0 Å². The van der Waals surface area contributed by atoms with E-state index < -0.39 is 0 Å². The predicted molar refractivity (Wildman–Crippen MR) is 64.9 cm³/mol. The summed E-state index contributed by atoms with van der Waals surface area (Å²) in [5.74, 6) is 0.193. The van der Waals surface area contributed by atoms with Crippen LogP contribution in [0.15, 0.2) is 54.3 Å². The number of hydrogen-bond acceptors (Lipinski definition) is 2. The number of carbonyl (C=O) groups excluding carboxylic acids is 1. The molecule has 1 N–H and O–H groups in total. The van der Waals surface area contributed by atoms with E-state index in [4.69, 9.17) is 0 Å².